The Morgan fingerprint density at radius 3 is 2.53 bits per heavy atom. The van der Waals surface area contributed by atoms with E-state index in [1.165, 1.54) is 12.8 Å². The van der Waals surface area contributed by atoms with Crippen molar-refractivity contribution in [2.24, 2.45) is 17.8 Å². The lowest BCUT2D eigenvalue weighted by Crippen LogP contribution is -2.50. The van der Waals surface area contributed by atoms with Crippen LogP contribution in [0.2, 0.25) is 0 Å². The Labute approximate surface area is 178 Å². The Bertz CT molecular complexity index is 810. The van der Waals surface area contributed by atoms with Gasteiger partial charge in [-0.1, -0.05) is 0 Å². The van der Waals surface area contributed by atoms with E-state index in [4.69, 9.17) is 4.74 Å². The van der Waals surface area contributed by atoms with Crippen molar-refractivity contribution in [1.82, 2.24) is 20.2 Å². The van der Waals surface area contributed by atoms with Gasteiger partial charge >= 0.3 is 0 Å². The Balaban J connectivity index is 1.44. The number of anilines is 1. The number of hydrogen-bond acceptors (Lipinski definition) is 6. The lowest BCUT2D eigenvalue weighted by atomic mass is 9.77. The number of amides is 2. The summed E-state index contributed by atoms with van der Waals surface area (Å²) in [6.07, 6.45) is 5.93. The molecule has 2 heterocycles. The maximum atomic E-state index is 13.2. The summed E-state index contributed by atoms with van der Waals surface area (Å²) in [5.41, 5.74) is 1.27. The van der Waals surface area contributed by atoms with Crippen molar-refractivity contribution in [3.8, 4) is 0 Å². The van der Waals surface area contributed by atoms with E-state index < -0.39 is 0 Å². The van der Waals surface area contributed by atoms with Crippen LogP contribution in [0, 0.1) is 24.7 Å². The van der Waals surface area contributed by atoms with Gasteiger partial charge in [0.2, 0.25) is 11.9 Å². The number of aryl methyl sites for hydroxylation is 1. The number of ether oxygens (including phenoxy) is 1. The number of hydrogen-bond donors (Lipinski definition) is 1. The van der Waals surface area contributed by atoms with Gasteiger partial charge in [-0.3, -0.25) is 9.59 Å². The number of nitrogens with one attached hydrogen (secondary N) is 1. The number of rotatable bonds is 6. The molecule has 4 rings (SSSR count). The van der Waals surface area contributed by atoms with Gasteiger partial charge in [0.25, 0.3) is 5.91 Å². The molecule has 1 N–H and O–H groups in total. The number of fused-ring (bicyclic) bond motifs is 1. The summed E-state index contributed by atoms with van der Waals surface area (Å²) in [4.78, 5) is 37.5. The first-order chi connectivity index (χ1) is 14.3. The van der Waals surface area contributed by atoms with E-state index >= 15 is 0 Å². The first-order valence-electron chi connectivity index (χ1n) is 11.0. The Kier molecular flexibility index (Phi) is 5.95. The molecular weight excluding hydrogens is 382 g/mol. The van der Waals surface area contributed by atoms with Crippen molar-refractivity contribution >= 4 is 17.8 Å². The SMILES string of the molecule is CC(=O)N[C@@H]1C[C@@H]2CN(C(=O)c3cnc(N(C)C)nc3C)C[C@@H]2C[C@H]1OCC1CC1. The summed E-state index contributed by atoms with van der Waals surface area (Å²) in [6, 6.07) is 0.0296. The van der Waals surface area contributed by atoms with Gasteiger partial charge in [0.05, 0.1) is 23.4 Å². The molecule has 3 aliphatic rings. The predicted octanol–water partition coefficient (Wildman–Crippen LogP) is 1.63. The van der Waals surface area contributed by atoms with Gasteiger partial charge < -0.3 is 19.9 Å². The minimum Gasteiger partial charge on any atom is -0.376 e. The zero-order valence-electron chi connectivity index (χ0n) is 18.4. The van der Waals surface area contributed by atoms with E-state index in [0.29, 0.717) is 41.5 Å². The van der Waals surface area contributed by atoms with E-state index in [0.717, 1.165) is 26.0 Å². The highest BCUT2D eigenvalue weighted by molar-refractivity contribution is 5.95. The third-order valence-electron chi connectivity index (χ3n) is 6.63. The molecule has 4 atom stereocenters. The monoisotopic (exact) mass is 415 g/mol. The number of likely N-dealkylation sites (tertiary alicyclic amines) is 1. The standard InChI is InChI=1S/C22H33N5O3/c1-13-18(9-23-22(24-13)26(3)4)21(29)27-10-16-7-19(25-14(2)28)20(8-17(16)11-27)30-12-15-5-6-15/h9,15-17,19-20H,5-8,10-12H2,1-4H3,(H,25,28)/t16-,17+,19-,20-/m1/s1. The van der Waals surface area contributed by atoms with Gasteiger partial charge in [0.15, 0.2) is 0 Å². The average molecular weight is 416 g/mol. The van der Waals surface area contributed by atoms with Crippen molar-refractivity contribution in [3.63, 3.8) is 0 Å². The second kappa shape index (κ2) is 8.49. The molecule has 0 bridgehead atoms. The Hall–Kier alpha value is -2.22. The quantitative estimate of drug-likeness (QED) is 0.760. The van der Waals surface area contributed by atoms with Gasteiger partial charge in [0.1, 0.15) is 0 Å². The van der Waals surface area contributed by atoms with Gasteiger partial charge in [-0.2, -0.15) is 0 Å². The minimum atomic E-state index is -0.0156. The Morgan fingerprint density at radius 1 is 1.23 bits per heavy atom. The average Bonchev–Trinajstić information content (AvgIpc) is 3.43. The topological polar surface area (TPSA) is 87.7 Å². The normalized spacial score (nSPS) is 28.2. The van der Waals surface area contributed by atoms with Crippen LogP contribution in [-0.4, -0.2) is 72.6 Å². The smallest absolute Gasteiger partial charge is 0.257 e. The molecule has 3 fully saturated rings. The molecule has 1 aliphatic heterocycles. The van der Waals surface area contributed by atoms with Crippen LogP contribution in [-0.2, 0) is 9.53 Å². The van der Waals surface area contributed by atoms with Crippen molar-refractivity contribution < 1.29 is 14.3 Å². The van der Waals surface area contributed by atoms with Gasteiger partial charge in [-0.25, -0.2) is 9.97 Å². The van der Waals surface area contributed by atoms with Crippen LogP contribution >= 0.6 is 0 Å². The molecule has 30 heavy (non-hydrogen) atoms. The van der Waals surface area contributed by atoms with E-state index in [1.54, 1.807) is 13.1 Å². The van der Waals surface area contributed by atoms with Crippen molar-refractivity contribution in [1.29, 1.82) is 0 Å². The molecule has 0 spiro atoms. The number of nitrogens with zero attached hydrogens (tertiary/aromatic N) is 4. The number of aromatic nitrogens is 2. The zero-order chi connectivity index (χ0) is 21.4. The summed E-state index contributed by atoms with van der Waals surface area (Å²) in [5.74, 6) is 2.07. The molecule has 8 heteroatoms. The predicted molar refractivity (Wildman–Crippen MR) is 113 cm³/mol. The number of carbonyl (C=O) groups excluding carboxylic acids is 2. The van der Waals surface area contributed by atoms with Crippen molar-refractivity contribution in [3.05, 3.63) is 17.5 Å². The highest BCUT2D eigenvalue weighted by atomic mass is 16.5. The summed E-state index contributed by atoms with van der Waals surface area (Å²) >= 11 is 0. The van der Waals surface area contributed by atoms with Crippen LogP contribution in [0.3, 0.4) is 0 Å². The fourth-order valence-electron chi connectivity index (χ4n) is 4.77. The molecule has 0 aromatic carbocycles. The molecular formula is C22H33N5O3. The highest BCUT2D eigenvalue weighted by Crippen LogP contribution is 2.39. The molecule has 1 saturated heterocycles. The van der Waals surface area contributed by atoms with Crippen LogP contribution in [0.5, 0.6) is 0 Å². The first kappa shape index (κ1) is 21.0. The fraction of sp³-hybridized carbons (Fsp3) is 0.727. The lowest BCUT2D eigenvalue weighted by Gasteiger charge is -2.38. The van der Waals surface area contributed by atoms with E-state index in [-0.39, 0.29) is 24.0 Å². The summed E-state index contributed by atoms with van der Waals surface area (Å²) in [5, 5.41) is 3.10. The molecule has 164 valence electrons. The maximum absolute atomic E-state index is 13.2. The van der Waals surface area contributed by atoms with Gasteiger partial charge in [-0.05, 0) is 50.4 Å². The lowest BCUT2D eigenvalue weighted by molar-refractivity contribution is -0.122. The molecule has 2 aliphatic carbocycles. The van der Waals surface area contributed by atoms with Crippen LogP contribution in [0.15, 0.2) is 6.20 Å². The van der Waals surface area contributed by atoms with E-state index in [9.17, 15) is 9.59 Å². The molecule has 0 unspecified atom stereocenters. The van der Waals surface area contributed by atoms with Crippen LogP contribution in [0.25, 0.3) is 0 Å². The number of carbonyl (C=O) groups is 2. The van der Waals surface area contributed by atoms with Crippen LogP contribution in [0.4, 0.5) is 5.95 Å². The zero-order valence-corrected chi connectivity index (χ0v) is 18.4. The van der Waals surface area contributed by atoms with Crippen molar-refractivity contribution in [2.45, 2.75) is 51.7 Å². The third kappa shape index (κ3) is 4.58. The minimum absolute atomic E-state index is 0.00117. The molecule has 2 saturated carbocycles. The largest absolute Gasteiger partial charge is 0.376 e. The second-order valence-electron chi connectivity index (χ2n) is 9.39. The summed E-state index contributed by atoms with van der Waals surface area (Å²) in [6.45, 7) is 5.65. The third-order valence-corrected chi connectivity index (χ3v) is 6.63. The van der Waals surface area contributed by atoms with Gasteiger partial charge in [0, 0.05) is 46.9 Å². The van der Waals surface area contributed by atoms with Gasteiger partial charge in [-0.15, -0.1) is 0 Å². The van der Waals surface area contributed by atoms with Crippen molar-refractivity contribution in [2.75, 3.05) is 38.7 Å². The fourth-order valence-corrected chi connectivity index (χ4v) is 4.77. The summed E-state index contributed by atoms with van der Waals surface area (Å²) in [7, 11) is 3.77. The van der Waals surface area contributed by atoms with E-state index in [2.05, 4.69) is 15.3 Å². The molecule has 2 amide bonds. The molecule has 8 nitrogen and oxygen atoms in total. The molecule has 1 aromatic rings. The van der Waals surface area contributed by atoms with Crippen LogP contribution < -0.4 is 10.2 Å². The summed E-state index contributed by atoms with van der Waals surface area (Å²) < 4.78 is 6.22. The maximum Gasteiger partial charge on any atom is 0.257 e. The molecule has 1 aromatic heterocycles. The van der Waals surface area contributed by atoms with E-state index in [1.807, 2.05) is 30.8 Å². The second-order valence-corrected chi connectivity index (χ2v) is 9.39. The highest BCUT2D eigenvalue weighted by Gasteiger charge is 2.44. The Morgan fingerprint density at radius 2 is 1.93 bits per heavy atom. The van der Waals surface area contributed by atoms with Crippen LogP contribution in [0.1, 0.15) is 48.7 Å². The molecule has 0 radical (unpaired) electrons. The first-order valence-corrected chi connectivity index (χ1v) is 11.0.